The maximum Gasteiger partial charge on any atom is 0.295 e. The minimum absolute atomic E-state index is 0.0496. The molecule has 0 saturated heterocycles. The van der Waals surface area contributed by atoms with Crippen molar-refractivity contribution in [1.29, 1.82) is 0 Å². The number of hydrogen-bond acceptors (Lipinski definition) is 5. The molecule has 1 heterocycles. The Morgan fingerprint density at radius 1 is 1.38 bits per heavy atom. The number of azo groups is 1. The highest BCUT2D eigenvalue weighted by atomic mass is 32.2. The molecule has 1 aliphatic rings. The van der Waals surface area contributed by atoms with E-state index in [2.05, 4.69) is 15.5 Å². The highest BCUT2D eigenvalue weighted by molar-refractivity contribution is 7.93. The van der Waals surface area contributed by atoms with Crippen molar-refractivity contribution in [3.05, 3.63) is 46.9 Å². The third-order valence-corrected chi connectivity index (χ3v) is 3.42. The predicted octanol–water partition coefficient (Wildman–Crippen LogP) is 1.01. The van der Waals surface area contributed by atoms with Gasteiger partial charge in [0.05, 0.1) is 0 Å². The molecule has 1 atom stereocenters. The highest BCUT2D eigenvalue weighted by Crippen LogP contribution is 2.27. The molecule has 0 saturated carbocycles. The van der Waals surface area contributed by atoms with Gasteiger partial charge in [-0.15, -0.1) is 5.11 Å². The van der Waals surface area contributed by atoms with Crippen LogP contribution in [0.1, 0.15) is 22.0 Å². The van der Waals surface area contributed by atoms with Crippen molar-refractivity contribution in [1.82, 2.24) is 5.32 Å². The zero-order valence-corrected chi connectivity index (χ0v) is 12.0. The van der Waals surface area contributed by atoms with E-state index in [9.17, 15) is 18.0 Å². The van der Waals surface area contributed by atoms with Crippen LogP contribution in [0.25, 0.3) is 0 Å². The Labute approximate surface area is 121 Å². The van der Waals surface area contributed by atoms with Gasteiger partial charge in [0.1, 0.15) is 0 Å². The molecule has 0 radical (unpaired) electrons. The third kappa shape index (κ3) is 3.82. The number of amides is 2. The Hall–Kier alpha value is -2.35. The van der Waals surface area contributed by atoms with E-state index in [1.807, 2.05) is 0 Å². The molecule has 21 heavy (non-hydrogen) atoms. The number of nitrogens with zero attached hydrogens (tertiary/aromatic N) is 2. The number of fused-ring (bicyclic) bond motifs is 1. The minimum Gasteiger partial charge on any atom is -0.350 e. The molecule has 1 aromatic carbocycles. The molecule has 1 unspecified atom stereocenters. The average molecular weight is 307 g/mol. The Balaban J connectivity index is 2.09. The van der Waals surface area contributed by atoms with Gasteiger partial charge in [-0.05, 0) is 6.07 Å². The van der Waals surface area contributed by atoms with Crippen molar-refractivity contribution in [3.8, 4) is 0 Å². The summed E-state index contributed by atoms with van der Waals surface area (Å²) >= 11 is 0. The first-order chi connectivity index (χ1) is 9.88. The van der Waals surface area contributed by atoms with Crippen LogP contribution in [0.2, 0.25) is 0 Å². The first-order valence-corrected chi connectivity index (χ1v) is 8.02. The minimum atomic E-state index is -3.22. The summed E-state index contributed by atoms with van der Waals surface area (Å²) in [5.74, 6) is -0.927. The largest absolute Gasteiger partial charge is 0.350 e. The van der Waals surface area contributed by atoms with Gasteiger partial charge in [-0.1, -0.05) is 24.3 Å². The number of carbonyl (C=O) groups is 2. The van der Waals surface area contributed by atoms with Crippen molar-refractivity contribution in [2.45, 2.75) is 6.04 Å². The van der Waals surface area contributed by atoms with E-state index in [4.69, 9.17) is 0 Å². The van der Waals surface area contributed by atoms with E-state index in [-0.39, 0.29) is 6.54 Å². The fraction of sp³-hybridized carbons (Fsp3) is 0.231. The molecule has 0 aromatic heterocycles. The second kappa shape index (κ2) is 5.96. The van der Waals surface area contributed by atoms with E-state index < -0.39 is 27.7 Å². The fourth-order valence-corrected chi connectivity index (χ4v) is 2.28. The van der Waals surface area contributed by atoms with Gasteiger partial charge in [0.25, 0.3) is 11.8 Å². The lowest BCUT2D eigenvalue weighted by Gasteiger charge is -2.17. The van der Waals surface area contributed by atoms with Crippen molar-refractivity contribution in [3.63, 3.8) is 0 Å². The smallest absolute Gasteiger partial charge is 0.295 e. The van der Waals surface area contributed by atoms with Crippen LogP contribution in [0.15, 0.2) is 46.0 Å². The Morgan fingerprint density at radius 3 is 2.81 bits per heavy atom. The lowest BCUT2D eigenvalue weighted by molar-refractivity contribution is -0.122. The predicted molar refractivity (Wildman–Crippen MR) is 75.4 cm³/mol. The summed E-state index contributed by atoms with van der Waals surface area (Å²) < 4.78 is 21.8. The molecule has 2 rings (SSSR count). The van der Waals surface area contributed by atoms with Crippen LogP contribution < -0.4 is 5.32 Å². The number of nitrogens with one attached hydrogen (secondary N) is 1. The van der Waals surface area contributed by atoms with Crippen molar-refractivity contribution in [2.75, 3.05) is 12.8 Å². The Bertz CT molecular complexity index is 738. The molecular formula is C13H13N3O4S. The molecule has 110 valence electrons. The van der Waals surface area contributed by atoms with Gasteiger partial charge in [-0.3, -0.25) is 9.59 Å². The van der Waals surface area contributed by atoms with Gasteiger partial charge in [-0.25, -0.2) is 8.42 Å². The van der Waals surface area contributed by atoms with Crippen molar-refractivity contribution in [2.24, 2.45) is 10.2 Å². The van der Waals surface area contributed by atoms with Crippen LogP contribution in [-0.2, 0) is 14.6 Å². The van der Waals surface area contributed by atoms with Gasteiger partial charge in [0.2, 0.25) is 0 Å². The summed E-state index contributed by atoms with van der Waals surface area (Å²) in [6.07, 6.45) is 2.38. The molecule has 7 nitrogen and oxygen atoms in total. The van der Waals surface area contributed by atoms with Crippen LogP contribution in [-0.4, -0.2) is 33.0 Å². The maximum absolute atomic E-state index is 12.0. The molecule has 1 N–H and O–H groups in total. The van der Waals surface area contributed by atoms with Gasteiger partial charge in [-0.2, -0.15) is 5.11 Å². The topological polar surface area (TPSA) is 105 Å². The summed E-state index contributed by atoms with van der Waals surface area (Å²) in [6, 6.07) is 5.71. The van der Waals surface area contributed by atoms with Crippen LogP contribution >= 0.6 is 0 Å². The molecule has 0 fully saturated rings. The SMILES string of the molecule is CS(=O)(=O)/C=C/CNC(=O)C1N=NC(=O)c2ccccc21. The fourth-order valence-electron chi connectivity index (χ4n) is 1.83. The van der Waals surface area contributed by atoms with E-state index in [1.54, 1.807) is 24.3 Å². The first-order valence-electron chi connectivity index (χ1n) is 6.07. The van der Waals surface area contributed by atoms with Crippen LogP contribution in [0.5, 0.6) is 0 Å². The molecule has 0 spiro atoms. The number of benzene rings is 1. The molecule has 1 aliphatic heterocycles. The molecule has 2 amide bonds. The van der Waals surface area contributed by atoms with E-state index >= 15 is 0 Å². The normalized spacial score (nSPS) is 17.8. The average Bonchev–Trinajstić information content (AvgIpc) is 2.43. The Kier molecular flexibility index (Phi) is 4.27. The van der Waals surface area contributed by atoms with Gasteiger partial charge < -0.3 is 5.32 Å². The number of hydrogen-bond donors (Lipinski definition) is 1. The standard InChI is InChI=1S/C13H13N3O4S/c1-21(19,20)8-4-7-14-13(18)11-9-5-2-3-6-10(9)12(17)16-15-11/h2-6,8,11H,7H2,1H3,(H,14,18)/b8-4+. The van der Waals surface area contributed by atoms with Crippen LogP contribution in [0.4, 0.5) is 0 Å². The first kappa shape index (κ1) is 15.0. The lowest BCUT2D eigenvalue weighted by Crippen LogP contribution is -2.30. The van der Waals surface area contributed by atoms with Gasteiger partial charge >= 0.3 is 0 Å². The van der Waals surface area contributed by atoms with Gasteiger partial charge in [0, 0.05) is 29.3 Å². The zero-order valence-electron chi connectivity index (χ0n) is 11.2. The Morgan fingerprint density at radius 2 is 2.10 bits per heavy atom. The van der Waals surface area contributed by atoms with Gasteiger partial charge in [0.15, 0.2) is 15.9 Å². The summed E-state index contributed by atoms with van der Waals surface area (Å²) in [7, 11) is -3.22. The number of carbonyl (C=O) groups excluding carboxylic acids is 2. The lowest BCUT2D eigenvalue weighted by atomic mass is 9.98. The van der Waals surface area contributed by atoms with Crippen molar-refractivity contribution >= 4 is 21.7 Å². The second-order valence-corrected chi connectivity index (χ2v) is 6.39. The molecule has 0 bridgehead atoms. The van der Waals surface area contributed by atoms with Crippen molar-refractivity contribution < 1.29 is 18.0 Å². The van der Waals surface area contributed by atoms with Crippen LogP contribution in [0.3, 0.4) is 0 Å². The highest BCUT2D eigenvalue weighted by Gasteiger charge is 2.28. The number of rotatable bonds is 4. The molecular weight excluding hydrogens is 294 g/mol. The van der Waals surface area contributed by atoms with E-state index in [0.717, 1.165) is 11.7 Å². The van der Waals surface area contributed by atoms with E-state index in [0.29, 0.717) is 11.1 Å². The summed E-state index contributed by atoms with van der Waals surface area (Å²) in [6.45, 7) is 0.0496. The molecule has 8 heteroatoms. The monoisotopic (exact) mass is 307 g/mol. The van der Waals surface area contributed by atoms with E-state index in [1.165, 1.54) is 6.08 Å². The molecule has 1 aromatic rings. The quantitative estimate of drug-likeness (QED) is 0.896. The second-order valence-electron chi connectivity index (χ2n) is 4.46. The summed E-state index contributed by atoms with van der Waals surface area (Å²) in [5, 5.41) is 10.7. The number of sulfone groups is 1. The third-order valence-electron chi connectivity index (χ3n) is 2.74. The summed E-state index contributed by atoms with van der Waals surface area (Å²) in [4.78, 5) is 23.6. The summed E-state index contributed by atoms with van der Waals surface area (Å²) in [5.41, 5.74) is 0.835. The van der Waals surface area contributed by atoms with Crippen LogP contribution in [0, 0.1) is 0 Å². The molecule has 0 aliphatic carbocycles. The zero-order chi connectivity index (χ0) is 15.5. The maximum atomic E-state index is 12.0.